The third-order valence-corrected chi connectivity index (χ3v) is 6.22. The molecule has 0 heterocycles. The maximum absolute atomic E-state index is 13.1. The molecule has 4 heteroatoms. The number of thioether (sulfide) groups is 1. The third kappa shape index (κ3) is 2.19. The lowest BCUT2D eigenvalue weighted by Crippen LogP contribution is -2.45. The van der Waals surface area contributed by atoms with E-state index in [-0.39, 0.29) is 5.54 Å². The van der Waals surface area contributed by atoms with Gasteiger partial charge in [-0.05, 0) is 55.2 Å². The van der Waals surface area contributed by atoms with E-state index in [0.717, 1.165) is 22.5 Å². The molecule has 104 valence electrons. The standard InChI is InChI=1S/C15H19F2NS/c1-8-11-5-9(15(2,18)14(8)11)7-19-10-3-4-12(16)13(17)6-10/h3-4,6,8-9,11,14H,5,7,18H2,1-2H3/t8?,9?,11-,14+,15-/m0/s1. The van der Waals surface area contributed by atoms with E-state index in [1.165, 1.54) is 18.6 Å². The lowest BCUT2D eigenvalue weighted by atomic mass is 9.85. The maximum Gasteiger partial charge on any atom is 0.159 e. The molecule has 5 atom stereocenters. The first-order valence-corrected chi connectivity index (χ1v) is 7.76. The number of hydrogen-bond acceptors (Lipinski definition) is 2. The third-order valence-electron chi connectivity index (χ3n) is 5.06. The minimum absolute atomic E-state index is 0.102. The average Bonchev–Trinajstić information content (AvgIpc) is 2.90. The van der Waals surface area contributed by atoms with E-state index < -0.39 is 11.6 Å². The Morgan fingerprint density at radius 3 is 2.68 bits per heavy atom. The molecule has 3 rings (SSSR count). The second-order valence-corrected chi connectivity index (χ2v) is 7.33. The molecule has 0 radical (unpaired) electrons. The van der Waals surface area contributed by atoms with Gasteiger partial charge in [0.2, 0.25) is 0 Å². The van der Waals surface area contributed by atoms with Crippen LogP contribution < -0.4 is 5.73 Å². The van der Waals surface area contributed by atoms with Crippen molar-refractivity contribution in [2.75, 3.05) is 5.75 Å². The zero-order valence-electron chi connectivity index (χ0n) is 11.2. The number of benzene rings is 1. The molecule has 0 aromatic heterocycles. The van der Waals surface area contributed by atoms with Crippen LogP contribution in [0, 0.1) is 35.3 Å². The molecule has 0 aliphatic heterocycles. The summed E-state index contributed by atoms with van der Waals surface area (Å²) >= 11 is 1.58. The van der Waals surface area contributed by atoms with Crippen LogP contribution in [0.5, 0.6) is 0 Å². The molecule has 0 saturated heterocycles. The molecular weight excluding hydrogens is 264 g/mol. The molecule has 2 N–H and O–H groups in total. The summed E-state index contributed by atoms with van der Waals surface area (Å²) in [5, 5.41) is 0. The quantitative estimate of drug-likeness (QED) is 0.856. The van der Waals surface area contributed by atoms with Gasteiger partial charge in [-0.1, -0.05) is 6.92 Å². The lowest BCUT2D eigenvalue weighted by Gasteiger charge is -2.31. The first-order chi connectivity index (χ1) is 8.91. The van der Waals surface area contributed by atoms with Crippen LogP contribution in [0.4, 0.5) is 8.78 Å². The Morgan fingerprint density at radius 2 is 2.11 bits per heavy atom. The molecular formula is C15H19F2NS. The molecule has 1 aromatic rings. The SMILES string of the molecule is CC1[C@@H]2[C@H]1CC(CSc1ccc(F)c(F)c1)[C@]2(C)N. The van der Waals surface area contributed by atoms with Crippen molar-refractivity contribution in [1.82, 2.24) is 0 Å². The van der Waals surface area contributed by atoms with Crippen molar-refractivity contribution >= 4 is 11.8 Å². The van der Waals surface area contributed by atoms with E-state index in [1.54, 1.807) is 17.8 Å². The summed E-state index contributed by atoms with van der Waals surface area (Å²) in [5.41, 5.74) is 6.37. The highest BCUT2D eigenvalue weighted by molar-refractivity contribution is 7.99. The monoisotopic (exact) mass is 283 g/mol. The molecule has 2 fully saturated rings. The average molecular weight is 283 g/mol. The van der Waals surface area contributed by atoms with Gasteiger partial charge in [-0.3, -0.25) is 0 Å². The first kappa shape index (κ1) is 13.4. The van der Waals surface area contributed by atoms with Crippen LogP contribution in [-0.4, -0.2) is 11.3 Å². The van der Waals surface area contributed by atoms with Gasteiger partial charge in [-0.2, -0.15) is 0 Å². The number of nitrogens with two attached hydrogens (primary N) is 1. The zero-order chi connectivity index (χ0) is 13.8. The molecule has 0 bridgehead atoms. The normalized spacial score (nSPS) is 40.3. The largest absolute Gasteiger partial charge is 0.325 e. The topological polar surface area (TPSA) is 26.0 Å². The van der Waals surface area contributed by atoms with Crippen molar-refractivity contribution < 1.29 is 8.78 Å². The Balaban J connectivity index is 1.63. The molecule has 1 nitrogen and oxygen atoms in total. The van der Waals surface area contributed by atoms with Crippen molar-refractivity contribution in [3.63, 3.8) is 0 Å². The Hall–Kier alpha value is -0.610. The van der Waals surface area contributed by atoms with Gasteiger partial charge in [0.15, 0.2) is 11.6 Å². The fraction of sp³-hybridized carbons (Fsp3) is 0.600. The smallest absolute Gasteiger partial charge is 0.159 e. The summed E-state index contributed by atoms with van der Waals surface area (Å²) in [4.78, 5) is 0.781. The molecule has 0 spiro atoms. The minimum Gasteiger partial charge on any atom is -0.325 e. The van der Waals surface area contributed by atoms with E-state index >= 15 is 0 Å². The Labute approximate surface area is 116 Å². The fourth-order valence-electron chi connectivity index (χ4n) is 3.80. The molecule has 2 saturated carbocycles. The van der Waals surface area contributed by atoms with Crippen molar-refractivity contribution in [3.05, 3.63) is 29.8 Å². The van der Waals surface area contributed by atoms with Crippen LogP contribution in [0.25, 0.3) is 0 Å². The molecule has 2 aliphatic carbocycles. The summed E-state index contributed by atoms with van der Waals surface area (Å²) in [7, 11) is 0. The van der Waals surface area contributed by atoms with Gasteiger partial charge < -0.3 is 5.73 Å². The highest BCUT2D eigenvalue weighted by atomic mass is 32.2. The van der Waals surface area contributed by atoms with Crippen molar-refractivity contribution in [2.45, 2.75) is 30.7 Å². The highest BCUT2D eigenvalue weighted by Gasteiger charge is 2.63. The van der Waals surface area contributed by atoms with Crippen molar-refractivity contribution in [3.8, 4) is 0 Å². The van der Waals surface area contributed by atoms with E-state index in [4.69, 9.17) is 5.73 Å². The summed E-state index contributed by atoms with van der Waals surface area (Å²) in [6.45, 7) is 4.43. The molecule has 2 aliphatic rings. The van der Waals surface area contributed by atoms with E-state index in [0.29, 0.717) is 11.8 Å². The van der Waals surface area contributed by atoms with Crippen LogP contribution in [-0.2, 0) is 0 Å². The van der Waals surface area contributed by atoms with Gasteiger partial charge in [-0.25, -0.2) is 8.78 Å². The van der Waals surface area contributed by atoms with Gasteiger partial charge in [-0.15, -0.1) is 11.8 Å². The van der Waals surface area contributed by atoms with Gasteiger partial charge >= 0.3 is 0 Å². The van der Waals surface area contributed by atoms with Crippen LogP contribution in [0.1, 0.15) is 20.3 Å². The first-order valence-electron chi connectivity index (χ1n) is 6.78. The van der Waals surface area contributed by atoms with Gasteiger partial charge in [0.25, 0.3) is 0 Å². The van der Waals surface area contributed by atoms with E-state index in [1.807, 2.05) is 0 Å². The second-order valence-electron chi connectivity index (χ2n) is 6.23. The van der Waals surface area contributed by atoms with Crippen LogP contribution in [0.15, 0.2) is 23.1 Å². The van der Waals surface area contributed by atoms with E-state index in [2.05, 4.69) is 13.8 Å². The maximum atomic E-state index is 13.1. The highest BCUT2D eigenvalue weighted by Crippen LogP contribution is 2.63. The predicted octanol–water partition coefficient (Wildman–Crippen LogP) is 3.68. The van der Waals surface area contributed by atoms with Crippen LogP contribution in [0.3, 0.4) is 0 Å². The molecule has 2 unspecified atom stereocenters. The number of hydrogen-bond donors (Lipinski definition) is 1. The molecule has 0 amide bonds. The molecule has 1 aromatic carbocycles. The number of halogens is 2. The summed E-state index contributed by atoms with van der Waals surface area (Å²) in [6.07, 6.45) is 1.18. The Bertz CT molecular complexity index is 503. The van der Waals surface area contributed by atoms with Crippen molar-refractivity contribution in [1.29, 1.82) is 0 Å². The van der Waals surface area contributed by atoms with E-state index in [9.17, 15) is 8.78 Å². The van der Waals surface area contributed by atoms with Gasteiger partial charge in [0.05, 0.1) is 0 Å². The summed E-state index contributed by atoms with van der Waals surface area (Å²) in [6, 6.07) is 4.09. The fourth-order valence-corrected chi connectivity index (χ4v) is 5.04. The second kappa shape index (κ2) is 4.45. The zero-order valence-corrected chi connectivity index (χ0v) is 12.0. The Kier molecular flexibility index (Phi) is 3.13. The number of rotatable bonds is 3. The van der Waals surface area contributed by atoms with Gasteiger partial charge in [0.1, 0.15) is 0 Å². The lowest BCUT2D eigenvalue weighted by molar-refractivity contribution is 0.302. The number of fused-ring (bicyclic) bond motifs is 1. The van der Waals surface area contributed by atoms with Crippen molar-refractivity contribution in [2.24, 2.45) is 29.4 Å². The van der Waals surface area contributed by atoms with Crippen LogP contribution in [0.2, 0.25) is 0 Å². The van der Waals surface area contributed by atoms with Crippen LogP contribution >= 0.6 is 11.8 Å². The summed E-state index contributed by atoms with van der Waals surface area (Å²) in [5.74, 6) is 2.00. The predicted molar refractivity (Wildman–Crippen MR) is 73.9 cm³/mol. The molecule has 19 heavy (non-hydrogen) atoms. The van der Waals surface area contributed by atoms with Gasteiger partial charge in [0, 0.05) is 16.2 Å². The summed E-state index contributed by atoms with van der Waals surface area (Å²) < 4.78 is 26.0. The Morgan fingerprint density at radius 1 is 1.37 bits per heavy atom. The minimum atomic E-state index is -0.788.